The molecule has 286 valence electrons. The minimum Gasteiger partial charge on any atom is -0.476 e. The molecule has 0 atom stereocenters. The first kappa shape index (κ1) is 44.7. The quantitative estimate of drug-likeness (QED) is 0.0215. The lowest BCUT2D eigenvalue weighted by Gasteiger charge is -2.09. The highest BCUT2D eigenvalue weighted by atomic mass is 19.2. The number of halogens is 5. The molecule has 0 amide bonds. The van der Waals surface area contributed by atoms with Crippen molar-refractivity contribution in [1.29, 1.82) is 0 Å². The van der Waals surface area contributed by atoms with E-state index in [0.29, 0.717) is 59.5 Å². The van der Waals surface area contributed by atoms with Gasteiger partial charge in [0.05, 0.1) is 119 Å². The summed E-state index contributed by atoms with van der Waals surface area (Å²) in [5, 5.41) is 8.43. The number of carbonyl (C=O) groups is 4. The van der Waals surface area contributed by atoms with E-state index in [-0.39, 0.29) is 59.3 Å². The molecule has 0 radical (unpaired) electrons. The fourth-order valence-electron chi connectivity index (χ4n) is 3.25. The molecule has 50 heavy (non-hydrogen) atoms. The van der Waals surface area contributed by atoms with Gasteiger partial charge < -0.3 is 52.5 Å². The van der Waals surface area contributed by atoms with E-state index in [2.05, 4.69) is 4.74 Å². The SMILES string of the molecule is O=C(CCC(=O)C(=O)O)OCCOCCOCCOCCOCCOCCOCCOCCOCCC(=O)Oc1c(F)c(F)c(F)c(F)c1F. The molecule has 1 N–H and O–H groups in total. The van der Waals surface area contributed by atoms with Crippen LogP contribution in [0.25, 0.3) is 0 Å². The molecule has 20 heteroatoms. The van der Waals surface area contributed by atoms with Crippen molar-refractivity contribution in [3.05, 3.63) is 29.1 Å². The van der Waals surface area contributed by atoms with E-state index in [1.165, 1.54) is 0 Å². The molecule has 0 aliphatic heterocycles. The topological polar surface area (TPSA) is 181 Å². The van der Waals surface area contributed by atoms with Crippen LogP contribution in [0.15, 0.2) is 0 Å². The smallest absolute Gasteiger partial charge is 0.372 e. The third-order valence-corrected chi connectivity index (χ3v) is 5.73. The molecule has 0 aromatic heterocycles. The number of carbonyl (C=O) groups excluding carboxylic acids is 3. The maximum atomic E-state index is 13.5. The highest BCUT2D eigenvalue weighted by molar-refractivity contribution is 6.32. The number of rotatable bonds is 32. The first-order chi connectivity index (χ1) is 24.1. The number of aliphatic carboxylic acids is 1. The van der Waals surface area contributed by atoms with Crippen molar-refractivity contribution >= 4 is 23.7 Å². The Bertz CT molecular complexity index is 1130. The molecule has 0 heterocycles. The Hall–Kier alpha value is -3.37. The van der Waals surface area contributed by atoms with Crippen molar-refractivity contribution in [2.45, 2.75) is 19.3 Å². The van der Waals surface area contributed by atoms with Gasteiger partial charge in [0, 0.05) is 6.42 Å². The van der Waals surface area contributed by atoms with E-state index >= 15 is 0 Å². The third-order valence-electron chi connectivity index (χ3n) is 5.73. The number of benzene rings is 1. The second-order valence-electron chi connectivity index (χ2n) is 9.47. The van der Waals surface area contributed by atoms with E-state index in [9.17, 15) is 41.1 Å². The lowest BCUT2D eigenvalue weighted by molar-refractivity contribution is -0.151. The molecule has 0 bridgehead atoms. The van der Waals surface area contributed by atoms with Crippen LogP contribution in [-0.2, 0) is 61.8 Å². The van der Waals surface area contributed by atoms with Crippen molar-refractivity contribution in [3.63, 3.8) is 0 Å². The van der Waals surface area contributed by atoms with Gasteiger partial charge in [0.1, 0.15) is 6.61 Å². The third kappa shape index (κ3) is 21.0. The summed E-state index contributed by atoms with van der Waals surface area (Å²) >= 11 is 0. The Labute approximate surface area is 284 Å². The standard InChI is InChI=1S/C30H41F5O15/c31-24-25(32)27(34)29(28(35)26(24)33)50-23(38)3-4-41-5-6-42-7-8-43-9-10-44-11-12-45-13-14-46-15-16-47-17-18-48-19-20-49-22(37)2-1-21(36)30(39)40/h1-20H2,(H,39,40). The van der Waals surface area contributed by atoms with Crippen LogP contribution in [-0.4, -0.2) is 141 Å². The highest BCUT2D eigenvalue weighted by Crippen LogP contribution is 2.29. The van der Waals surface area contributed by atoms with Crippen molar-refractivity contribution in [3.8, 4) is 5.75 Å². The summed E-state index contributed by atoms with van der Waals surface area (Å²) in [4.78, 5) is 44.2. The monoisotopic (exact) mass is 736 g/mol. The van der Waals surface area contributed by atoms with E-state index in [4.69, 9.17) is 47.7 Å². The number of hydrogen-bond acceptors (Lipinski definition) is 14. The van der Waals surface area contributed by atoms with E-state index < -0.39 is 71.4 Å². The lowest BCUT2D eigenvalue weighted by Crippen LogP contribution is -2.17. The van der Waals surface area contributed by atoms with E-state index in [1.54, 1.807) is 0 Å². The molecule has 1 aromatic carbocycles. The first-order valence-electron chi connectivity index (χ1n) is 15.3. The number of Topliss-reactive ketones (excluding diaryl/α,β-unsaturated/α-hetero) is 1. The van der Waals surface area contributed by atoms with Crippen LogP contribution in [0.2, 0.25) is 0 Å². The van der Waals surface area contributed by atoms with Gasteiger partial charge in [0.15, 0.2) is 0 Å². The Kier molecular flexibility index (Phi) is 25.3. The van der Waals surface area contributed by atoms with Crippen LogP contribution in [0.3, 0.4) is 0 Å². The second-order valence-corrected chi connectivity index (χ2v) is 9.47. The molecule has 0 aliphatic carbocycles. The van der Waals surface area contributed by atoms with Gasteiger partial charge in [0.25, 0.3) is 0 Å². The Balaban J connectivity index is 1.78. The fraction of sp³-hybridized carbons (Fsp3) is 0.667. The van der Waals surface area contributed by atoms with Crippen LogP contribution < -0.4 is 4.74 Å². The van der Waals surface area contributed by atoms with Gasteiger partial charge in [-0.05, 0) is 0 Å². The van der Waals surface area contributed by atoms with Crippen LogP contribution in [0.4, 0.5) is 22.0 Å². The largest absolute Gasteiger partial charge is 0.476 e. The van der Waals surface area contributed by atoms with E-state index in [0.717, 1.165) is 0 Å². The zero-order valence-electron chi connectivity index (χ0n) is 27.2. The van der Waals surface area contributed by atoms with Gasteiger partial charge >= 0.3 is 17.9 Å². The molecule has 0 spiro atoms. The van der Waals surface area contributed by atoms with Gasteiger partial charge in [-0.3, -0.25) is 14.4 Å². The summed E-state index contributed by atoms with van der Waals surface area (Å²) in [6.07, 6.45) is -1.22. The summed E-state index contributed by atoms with van der Waals surface area (Å²) in [6.45, 7) is 4.02. The van der Waals surface area contributed by atoms with Gasteiger partial charge in [-0.25, -0.2) is 18.0 Å². The first-order valence-corrected chi connectivity index (χ1v) is 15.3. The van der Waals surface area contributed by atoms with Gasteiger partial charge in [-0.1, -0.05) is 0 Å². The van der Waals surface area contributed by atoms with Crippen LogP contribution in [0.5, 0.6) is 5.75 Å². The number of esters is 2. The van der Waals surface area contributed by atoms with Crippen LogP contribution in [0, 0.1) is 29.1 Å². The van der Waals surface area contributed by atoms with Crippen LogP contribution in [0.1, 0.15) is 19.3 Å². The Morgan fingerprint density at radius 1 is 0.400 bits per heavy atom. The summed E-state index contributed by atoms with van der Waals surface area (Å²) in [5.41, 5.74) is 0. The average molecular weight is 737 g/mol. The second kappa shape index (κ2) is 28.3. The zero-order chi connectivity index (χ0) is 37.0. The maximum absolute atomic E-state index is 13.5. The zero-order valence-corrected chi connectivity index (χ0v) is 27.2. The number of carboxylic acid groups (broad SMARTS) is 1. The average Bonchev–Trinajstić information content (AvgIpc) is 3.10. The maximum Gasteiger partial charge on any atom is 0.372 e. The molecular weight excluding hydrogens is 695 g/mol. The van der Waals surface area contributed by atoms with Crippen molar-refractivity contribution in [2.24, 2.45) is 0 Å². The van der Waals surface area contributed by atoms with E-state index in [1.807, 2.05) is 0 Å². The molecule has 0 saturated carbocycles. The minimum absolute atomic E-state index is 0.0213. The summed E-state index contributed by atoms with van der Waals surface area (Å²) in [6, 6.07) is 0. The summed E-state index contributed by atoms with van der Waals surface area (Å²) < 4.78 is 118. The number of carboxylic acids is 1. The molecular formula is C30H41F5O15. The highest BCUT2D eigenvalue weighted by Gasteiger charge is 2.28. The summed E-state index contributed by atoms with van der Waals surface area (Å²) in [7, 11) is 0. The number of hydrogen-bond donors (Lipinski definition) is 1. The predicted molar refractivity (Wildman–Crippen MR) is 156 cm³/mol. The fourth-order valence-corrected chi connectivity index (χ4v) is 3.25. The van der Waals surface area contributed by atoms with Crippen molar-refractivity contribution < 1.29 is 93.6 Å². The molecule has 1 aromatic rings. The molecule has 15 nitrogen and oxygen atoms in total. The summed E-state index contributed by atoms with van der Waals surface area (Å²) in [5.74, 6) is -17.5. The van der Waals surface area contributed by atoms with Gasteiger partial charge in [0.2, 0.25) is 40.6 Å². The number of ketones is 1. The molecule has 0 fully saturated rings. The molecule has 0 unspecified atom stereocenters. The van der Waals surface area contributed by atoms with Crippen molar-refractivity contribution in [1.82, 2.24) is 0 Å². The number of ether oxygens (including phenoxy) is 10. The molecule has 0 aliphatic rings. The Morgan fingerprint density at radius 2 is 0.720 bits per heavy atom. The predicted octanol–water partition coefficient (Wildman–Crippen LogP) is 1.79. The molecule has 1 rings (SSSR count). The van der Waals surface area contributed by atoms with Crippen molar-refractivity contribution in [2.75, 3.05) is 112 Å². The molecule has 0 saturated heterocycles. The Morgan fingerprint density at radius 3 is 1.08 bits per heavy atom. The minimum atomic E-state index is -2.36. The van der Waals surface area contributed by atoms with Gasteiger partial charge in [-0.15, -0.1) is 0 Å². The van der Waals surface area contributed by atoms with Crippen LogP contribution >= 0.6 is 0 Å². The normalized spacial score (nSPS) is 11.1. The van der Waals surface area contributed by atoms with Gasteiger partial charge in [-0.2, -0.15) is 8.78 Å². The lowest BCUT2D eigenvalue weighted by atomic mass is 10.2.